The number of thioether (sulfide) groups is 1. The molecule has 0 saturated heterocycles. The van der Waals surface area contributed by atoms with Crippen molar-refractivity contribution in [1.29, 1.82) is 0 Å². The Morgan fingerprint density at radius 1 is 1.14 bits per heavy atom. The average molecular weight is 551 g/mol. The maximum atomic E-state index is 12.9. The fourth-order valence-corrected chi connectivity index (χ4v) is 4.46. The number of non-ortho nitro benzene ring substituents is 1. The summed E-state index contributed by atoms with van der Waals surface area (Å²) in [6.45, 7) is 6.26. The number of carbonyl (C=O) groups excluding carboxylic acids is 2. The molecule has 2 aromatic carbocycles. The maximum Gasteiger partial charge on any atom is 0.270 e. The molecule has 1 aromatic heterocycles. The Bertz CT molecular complexity index is 1280. The van der Waals surface area contributed by atoms with E-state index in [-0.39, 0.29) is 28.8 Å². The first-order chi connectivity index (χ1) is 17.1. The summed E-state index contributed by atoms with van der Waals surface area (Å²) in [7, 11) is 0. The number of nitro benzene ring substituents is 1. The summed E-state index contributed by atoms with van der Waals surface area (Å²) in [5.41, 5.74) is 0.528. The number of anilines is 1. The van der Waals surface area contributed by atoms with Crippen molar-refractivity contribution in [2.24, 2.45) is 5.92 Å². The van der Waals surface area contributed by atoms with Crippen molar-refractivity contribution in [3.05, 3.63) is 74.0 Å². The first kappa shape index (κ1) is 27.4. The van der Waals surface area contributed by atoms with Crippen LogP contribution in [0.25, 0.3) is 0 Å². The van der Waals surface area contributed by atoms with E-state index < -0.39 is 16.9 Å². The third-order valence-electron chi connectivity index (χ3n) is 5.15. The van der Waals surface area contributed by atoms with Gasteiger partial charge in [-0.05, 0) is 37.1 Å². The number of hydrogen-bond donors (Lipinski definition) is 2. The number of rotatable bonds is 10. The summed E-state index contributed by atoms with van der Waals surface area (Å²) >= 11 is 13.1. The highest BCUT2D eigenvalue weighted by molar-refractivity contribution is 7.99. The molecule has 0 bridgehead atoms. The maximum absolute atomic E-state index is 12.9. The highest BCUT2D eigenvalue weighted by Gasteiger charge is 2.26. The van der Waals surface area contributed by atoms with E-state index in [9.17, 15) is 19.7 Å². The van der Waals surface area contributed by atoms with Crippen molar-refractivity contribution < 1.29 is 14.5 Å². The van der Waals surface area contributed by atoms with Gasteiger partial charge < -0.3 is 15.2 Å². The molecule has 3 aromatic rings. The zero-order valence-electron chi connectivity index (χ0n) is 19.7. The van der Waals surface area contributed by atoms with Gasteiger partial charge in [-0.3, -0.25) is 19.7 Å². The van der Waals surface area contributed by atoms with Crippen molar-refractivity contribution in [2.45, 2.75) is 38.5 Å². The number of amides is 2. The predicted octanol–water partition coefficient (Wildman–Crippen LogP) is 5.37. The Kier molecular flexibility index (Phi) is 9.30. The summed E-state index contributed by atoms with van der Waals surface area (Å²) < 4.78 is 1.83. The number of nitrogens with one attached hydrogen (secondary N) is 2. The smallest absolute Gasteiger partial charge is 0.270 e. The largest absolute Gasteiger partial charge is 0.342 e. The van der Waals surface area contributed by atoms with Gasteiger partial charge in [0.2, 0.25) is 5.91 Å². The SMILES string of the molecule is CCn1c(SCC(=O)Nc2ccc(Cl)c(Cl)c2)nnc1[C@H](NC(=O)c1cccc([N+](=O)[O-])c1)C(C)C. The molecule has 0 fully saturated rings. The van der Waals surface area contributed by atoms with Crippen LogP contribution in [0.1, 0.15) is 43.0 Å². The number of hydrogen-bond acceptors (Lipinski definition) is 7. The van der Waals surface area contributed by atoms with Crippen LogP contribution >= 0.6 is 35.0 Å². The van der Waals surface area contributed by atoms with Crippen molar-refractivity contribution in [1.82, 2.24) is 20.1 Å². The molecule has 0 spiro atoms. The number of nitrogens with zero attached hydrogens (tertiary/aromatic N) is 4. The van der Waals surface area contributed by atoms with Crippen LogP contribution in [-0.4, -0.2) is 37.3 Å². The number of halogens is 2. The summed E-state index contributed by atoms with van der Waals surface area (Å²) in [6.07, 6.45) is 0. The van der Waals surface area contributed by atoms with Crippen LogP contribution in [-0.2, 0) is 11.3 Å². The molecular formula is C23H24Cl2N6O4S. The highest BCUT2D eigenvalue weighted by atomic mass is 35.5. The quantitative estimate of drug-likeness (QED) is 0.197. The summed E-state index contributed by atoms with van der Waals surface area (Å²) in [6, 6.07) is 9.83. The van der Waals surface area contributed by atoms with Crippen LogP contribution in [0, 0.1) is 16.0 Å². The molecule has 0 aliphatic carbocycles. The molecule has 10 nitrogen and oxygen atoms in total. The van der Waals surface area contributed by atoms with Gasteiger partial charge in [-0.2, -0.15) is 0 Å². The standard InChI is InChI=1S/C23H24Cl2N6O4S/c1-4-30-21(20(13(2)3)27-22(33)14-6-5-7-16(10-14)31(34)35)28-29-23(30)36-12-19(32)26-15-8-9-17(24)18(25)11-15/h5-11,13,20H,4,12H2,1-3H3,(H,26,32)(H,27,33)/t20-/m1/s1. The summed E-state index contributed by atoms with van der Waals surface area (Å²) in [4.78, 5) is 35.8. The molecule has 0 unspecified atom stereocenters. The van der Waals surface area contributed by atoms with E-state index in [1.807, 2.05) is 25.3 Å². The highest BCUT2D eigenvalue weighted by Crippen LogP contribution is 2.27. The third-order valence-corrected chi connectivity index (χ3v) is 6.85. The minimum atomic E-state index is -0.550. The Morgan fingerprint density at radius 3 is 2.53 bits per heavy atom. The Labute approximate surface area is 221 Å². The van der Waals surface area contributed by atoms with Gasteiger partial charge in [-0.25, -0.2) is 0 Å². The van der Waals surface area contributed by atoms with E-state index in [1.165, 1.54) is 36.0 Å². The van der Waals surface area contributed by atoms with Crippen molar-refractivity contribution in [2.75, 3.05) is 11.1 Å². The van der Waals surface area contributed by atoms with E-state index in [0.29, 0.717) is 33.3 Å². The summed E-state index contributed by atoms with van der Waals surface area (Å²) in [5, 5.41) is 26.5. The lowest BCUT2D eigenvalue weighted by molar-refractivity contribution is -0.384. The molecule has 3 rings (SSSR count). The molecule has 190 valence electrons. The zero-order valence-corrected chi connectivity index (χ0v) is 22.0. The lowest BCUT2D eigenvalue weighted by atomic mass is 10.0. The van der Waals surface area contributed by atoms with Crippen LogP contribution < -0.4 is 10.6 Å². The minimum Gasteiger partial charge on any atom is -0.342 e. The number of benzene rings is 2. The first-order valence-corrected chi connectivity index (χ1v) is 12.7. The molecule has 1 heterocycles. The predicted molar refractivity (Wildman–Crippen MR) is 140 cm³/mol. The van der Waals surface area contributed by atoms with Crippen LogP contribution in [0.3, 0.4) is 0 Å². The van der Waals surface area contributed by atoms with Gasteiger partial charge in [0, 0.05) is 29.9 Å². The summed E-state index contributed by atoms with van der Waals surface area (Å²) in [5.74, 6) is -0.176. The number of aromatic nitrogens is 3. The lowest BCUT2D eigenvalue weighted by Gasteiger charge is -2.22. The van der Waals surface area contributed by atoms with Gasteiger partial charge >= 0.3 is 0 Å². The Hall–Kier alpha value is -3.15. The van der Waals surface area contributed by atoms with E-state index in [2.05, 4.69) is 20.8 Å². The lowest BCUT2D eigenvalue weighted by Crippen LogP contribution is -2.33. The fraction of sp³-hybridized carbons (Fsp3) is 0.304. The van der Waals surface area contributed by atoms with Gasteiger partial charge in [0.25, 0.3) is 11.6 Å². The molecular weight excluding hydrogens is 527 g/mol. The molecule has 13 heteroatoms. The van der Waals surface area contributed by atoms with Crippen LogP contribution in [0.4, 0.5) is 11.4 Å². The van der Waals surface area contributed by atoms with Gasteiger partial charge in [0.15, 0.2) is 11.0 Å². The van der Waals surface area contributed by atoms with E-state index >= 15 is 0 Å². The fourth-order valence-electron chi connectivity index (χ4n) is 3.35. The Morgan fingerprint density at radius 2 is 1.89 bits per heavy atom. The molecule has 0 radical (unpaired) electrons. The molecule has 0 saturated carbocycles. The van der Waals surface area contributed by atoms with Gasteiger partial charge in [-0.15, -0.1) is 10.2 Å². The second kappa shape index (κ2) is 12.2. The van der Waals surface area contributed by atoms with Gasteiger partial charge in [0.05, 0.1) is 26.8 Å². The first-order valence-electron chi connectivity index (χ1n) is 11.0. The van der Waals surface area contributed by atoms with Crippen LogP contribution in [0.2, 0.25) is 10.0 Å². The van der Waals surface area contributed by atoms with Crippen molar-refractivity contribution >= 4 is 58.2 Å². The molecule has 36 heavy (non-hydrogen) atoms. The van der Waals surface area contributed by atoms with Crippen molar-refractivity contribution in [3.63, 3.8) is 0 Å². The Balaban J connectivity index is 1.72. The van der Waals surface area contributed by atoms with Crippen molar-refractivity contribution in [3.8, 4) is 0 Å². The van der Waals surface area contributed by atoms with E-state index in [4.69, 9.17) is 23.2 Å². The molecule has 2 N–H and O–H groups in total. The third kappa shape index (κ3) is 6.74. The van der Waals surface area contributed by atoms with Gasteiger partial charge in [-0.1, -0.05) is 54.9 Å². The topological polar surface area (TPSA) is 132 Å². The molecule has 2 amide bonds. The normalized spacial score (nSPS) is 11.8. The second-order valence-electron chi connectivity index (χ2n) is 8.05. The zero-order chi connectivity index (χ0) is 26.4. The average Bonchev–Trinajstić information content (AvgIpc) is 3.25. The monoisotopic (exact) mass is 550 g/mol. The molecule has 0 aliphatic heterocycles. The second-order valence-corrected chi connectivity index (χ2v) is 9.81. The van der Waals surface area contributed by atoms with Crippen LogP contribution in [0.15, 0.2) is 47.6 Å². The number of carbonyl (C=O) groups is 2. The molecule has 1 atom stereocenters. The van der Waals surface area contributed by atoms with Crippen LogP contribution in [0.5, 0.6) is 0 Å². The molecule has 0 aliphatic rings. The number of nitro groups is 1. The van der Waals surface area contributed by atoms with E-state index in [0.717, 1.165) is 0 Å². The minimum absolute atomic E-state index is 0.0575. The van der Waals surface area contributed by atoms with E-state index in [1.54, 1.807) is 18.2 Å². The van der Waals surface area contributed by atoms with Gasteiger partial charge in [0.1, 0.15) is 0 Å².